The molecule has 0 bridgehead atoms. The molecule has 2 rings (SSSR count). The molecule has 96 valence electrons. The fourth-order valence-electron chi connectivity index (χ4n) is 2.11. The predicted molar refractivity (Wildman–Crippen MR) is 71.6 cm³/mol. The minimum absolute atomic E-state index is 0.0666. The van der Waals surface area contributed by atoms with Crippen molar-refractivity contribution in [3.8, 4) is 17.2 Å². The monoisotopic (exact) mass is 256 g/mol. The van der Waals surface area contributed by atoms with Crippen molar-refractivity contribution < 1.29 is 4.39 Å². The number of aromatic nitrogens is 1. The molecule has 4 heteroatoms. The molecule has 3 nitrogen and oxygen atoms in total. The van der Waals surface area contributed by atoms with Gasteiger partial charge in [0.15, 0.2) is 0 Å². The molecule has 19 heavy (non-hydrogen) atoms. The Morgan fingerprint density at radius 1 is 1.32 bits per heavy atom. The number of rotatable bonds is 3. The summed E-state index contributed by atoms with van der Waals surface area (Å²) in [6, 6.07) is 10.9. The molecule has 0 aliphatic heterocycles. The van der Waals surface area contributed by atoms with Crippen LogP contribution >= 0.6 is 0 Å². The third-order valence-electron chi connectivity index (χ3n) is 2.95. The number of aryl methyl sites for hydroxylation is 2. The molecule has 1 N–H and O–H groups in total. The van der Waals surface area contributed by atoms with Gasteiger partial charge in [0, 0.05) is 17.7 Å². The third-order valence-corrected chi connectivity index (χ3v) is 2.95. The lowest BCUT2D eigenvalue weighted by Crippen LogP contribution is -2.13. The molecule has 0 spiro atoms. The van der Waals surface area contributed by atoms with E-state index in [1.54, 1.807) is 19.1 Å². The van der Waals surface area contributed by atoms with Crippen molar-refractivity contribution in [2.75, 3.05) is 6.67 Å². The number of hydrogen-bond donors (Lipinski definition) is 1. The summed E-state index contributed by atoms with van der Waals surface area (Å²) < 4.78 is 12.6. The van der Waals surface area contributed by atoms with E-state index in [2.05, 4.69) is 4.98 Å². The van der Waals surface area contributed by atoms with Crippen LogP contribution in [0.25, 0.3) is 11.1 Å². The van der Waals surface area contributed by atoms with Crippen molar-refractivity contribution in [1.29, 1.82) is 5.26 Å². The molecular formula is C15H13FN2O. The first-order chi connectivity index (χ1) is 9.17. The average Bonchev–Trinajstić information content (AvgIpc) is 2.39. The Morgan fingerprint density at radius 2 is 2.05 bits per heavy atom. The summed E-state index contributed by atoms with van der Waals surface area (Å²) in [4.78, 5) is 14.4. The third kappa shape index (κ3) is 2.55. The zero-order chi connectivity index (χ0) is 13.8. The number of benzene rings is 1. The molecule has 0 fully saturated rings. The predicted octanol–water partition coefficient (Wildman–Crippen LogP) is 2.73. The molecule has 1 aromatic carbocycles. The average molecular weight is 256 g/mol. The highest BCUT2D eigenvalue weighted by atomic mass is 19.1. The lowest BCUT2D eigenvalue weighted by Gasteiger charge is -2.10. The quantitative estimate of drug-likeness (QED) is 0.918. The van der Waals surface area contributed by atoms with Gasteiger partial charge < -0.3 is 4.98 Å². The van der Waals surface area contributed by atoms with Gasteiger partial charge in [-0.15, -0.1) is 0 Å². The summed E-state index contributed by atoms with van der Waals surface area (Å²) in [7, 11) is 0. The van der Waals surface area contributed by atoms with Crippen LogP contribution in [0.5, 0.6) is 0 Å². The summed E-state index contributed by atoms with van der Waals surface area (Å²) in [5.41, 5.74) is 2.43. The molecule has 0 unspecified atom stereocenters. The Balaban J connectivity index is 2.72. The molecular weight excluding hydrogens is 243 g/mol. The lowest BCUT2D eigenvalue weighted by molar-refractivity contribution is 0.495. The number of halogens is 1. The fraction of sp³-hybridized carbons (Fsp3) is 0.200. The maximum atomic E-state index is 12.6. The van der Waals surface area contributed by atoms with Gasteiger partial charge in [-0.1, -0.05) is 24.3 Å². The lowest BCUT2D eigenvalue weighted by atomic mass is 9.95. The fourth-order valence-corrected chi connectivity index (χ4v) is 2.11. The van der Waals surface area contributed by atoms with Crippen LogP contribution in [0.1, 0.15) is 16.8 Å². The van der Waals surface area contributed by atoms with E-state index in [9.17, 15) is 9.18 Å². The topological polar surface area (TPSA) is 56.6 Å². The molecule has 1 heterocycles. The van der Waals surface area contributed by atoms with Gasteiger partial charge in [0.05, 0.1) is 6.67 Å². The number of nitrogens with one attached hydrogen (secondary N) is 1. The van der Waals surface area contributed by atoms with Gasteiger partial charge in [0.25, 0.3) is 5.56 Å². The van der Waals surface area contributed by atoms with Crippen LogP contribution in [0.2, 0.25) is 0 Å². The van der Waals surface area contributed by atoms with Crippen LogP contribution in [0, 0.1) is 18.3 Å². The molecule has 0 saturated carbocycles. The van der Waals surface area contributed by atoms with Crippen molar-refractivity contribution >= 4 is 0 Å². The van der Waals surface area contributed by atoms with E-state index in [0.717, 1.165) is 11.1 Å². The first-order valence-electron chi connectivity index (χ1n) is 5.95. The second-order valence-electron chi connectivity index (χ2n) is 4.28. The van der Waals surface area contributed by atoms with Crippen LogP contribution in [-0.4, -0.2) is 11.7 Å². The van der Waals surface area contributed by atoms with Crippen LogP contribution in [-0.2, 0) is 6.42 Å². The van der Waals surface area contributed by atoms with Crippen molar-refractivity contribution in [3.05, 3.63) is 57.5 Å². The van der Waals surface area contributed by atoms with Crippen molar-refractivity contribution in [1.82, 2.24) is 4.98 Å². The summed E-state index contributed by atoms with van der Waals surface area (Å²) in [5.74, 6) is 0. The first kappa shape index (κ1) is 13.0. The molecule has 1 aromatic heterocycles. The van der Waals surface area contributed by atoms with E-state index in [1.807, 2.05) is 24.3 Å². The van der Waals surface area contributed by atoms with E-state index >= 15 is 0 Å². The van der Waals surface area contributed by atoms with E-state index in [1.165, 1.54) is 0 Å². The Kier molecular flexibility index (Phi) is 3.76. The Bertz CT molecular complexity index is 698. The Hall–Kier alpha value is -2.41. The zero-order valence-corrected chi connectivity index (χ0v) is 10.5. The maximum Gasteiger partial charge on any atom is 0.266 e. The maximum absolute atomic E-state index is 12.6. The molecule has 0 radical (unpaired) electrons. The van der Waals surface area contributed by atoms with Gasteiger partial charge >= 0.3 is 0 Å². The van der Waals surface area contributed by atoms with E-state index in [0.29, 0.717) is 11.3 Å². The number of pyridine rings is 1. The van der Waals surface area contributed by atoms with Gasteiger partial charge in [0.2, 0.25) is 0 Å². The number of aromatic amines is 1. The van der Waals surface area contributed by atoms with Crippen LogP contribution in [0.3, 0.4) is 0 Å². The second-order valence-corrected chi connectivity index (χ2v) is 4.28. The number of hydrogen-bond acceptors (Lipinski definition) is 2. The SMILES string of the molecule is Cc1cc(-c2ccccc2CCF)c(C#N)c(=O)[nH]1. The summed E-state index contributed by atoms with van der Waals surface area (Å²) in [6.45, 7) is 1.28. The summed E-state index contributed by atoms with van der Waals surface area (Å²) >= 11 is 0. The summed E-state index contributed by atoms with van der Waals surface area (Å²) in [5, 5.41) is 9.13. The second kappa shape index (κ2) is 5.49. The van der Waals surface area contributed by atoms with E-state index < -0.39 is 12.2 Å². The Labute approximate surface area is 110 Å². The summed E-state index contributed by atoms with van der Waals surface area (Å²) in [6.07, 6.45) is 0.271. The van der Waals surface area contributed by atoms with Crippen LogP contribution < -0.4 is 5.56 Å². The van der Waals surface area contributed by atoms with Gasteiger partial charge in [-0.25, -0.2) is 0 Å². The molecule has 2 aromatic rings. The number of H-pyrrole nitrogens is 1. The van der Waals surface area contributed by atoms with Crippen molar-refractivity contribution in [2.45, 2.75) is 13.3 Å². The number of nitriles is 1. The minimum Gasteiger partial charge on any atom is -0.325 e. The highest BCUT2D eigenvalue weighted by Crippen LogP contribution is 2.26. The number of nitrogens with zero attached hydrogens (tertiary/aromatic N) is 1. The largest absolute Gasteiger partial charge is 0.325 e. The normalized spacial score (nSPS) is 10.2. The van der Waals surface area contributed by atoms with Gasteiger partial charge in [0.1, 0.15) is 11.6 Å². The zero-order valence-electron chi connectivity index (χ0n) is 10.5. The van der Waals surface area contributed by atoms with Crippen LogP contribution in [0.4, 0.5) is 4.39 Å². The highest BCUT2D eigenvalue weighted by Gasteiger charge is 2.12. The first-order valence-corrected chi connectivity index (χ1v) is 5.95. The van der Waals surface area contributed by atoms with Gasteiger partial charge in [-0.2, -0.15) is 5.26 Å². The van der Waals surface area contributed by atoms with Crippen molar-refractivity contribution in [2.24, 2.45) is 0 Å². The van der Waals surface area contributed by atoms with Crippen LogP contribution in [0.15, 0.2) is 35.1 Å². The number of alkyl halides is 1. The standard InChI is InChI=1S/C15H13FN2O/c1-10-8-13(14(9-17)15(19)18-10)12-5-3-2-4-11(12)6-7-16/h2-5,8H,6-7H2,1H3,(H,18,19). The van der Waals surface area contributed by atoms with Gasteiger partial charge in [-0.05, 0) is 24.1 Å². The Morgan fingerprint density at radius 3 is 2.74 bits per heavy atom. The van der Waals surface area contributed by atoms with E-state index in [-0.39, 0.29) is 12.0 Å². The molecule has 0 atom stereocenters. The molecule has 0 saturated heterocycles. The molecule has 0 amide bonds. The van der Waals surface area contributed by atoms with E-state index in [4.69, 9.17) is 5.26 Å². The minimum atomic E-state index is -0.471. The molecule has 0 aliphatic rings. The molecule has 0 aliphatic carbocycles. The van der Waals surface area contributed by atoms with Gasteiger partial charge in [-0.3, -0.25) is 9.18 Å². The van der Waals surface area contributed by atoms with Crippen molar-refractivity contribution in [3.63, 3.8) is 0 Å². The smallest absolute Gasteiger partial charge is 0.266 e. The highest BCUT2D eigenvalue weighted by molar-refractivity contribution is 5.73.